The number of rotatable bonds is 5. The predicted octanol–water partition coefficient (Wildman–Crippen LogP) is 4.49. The standard InChI is InChI=1S/C23H21FN2O4S2/c1-4-31(27,28)18-9-10-22(24)21(14-18)20-13-16(3)25-23-19(20)11-12-26(23)32(29,30)17-7-5-15(2)6-8-17/h5-14H,4H2,1-3H3. The summed E-state index contributed by atoms with van der Waals surface area (Å²) >= 11 is 0. The van der Waals surface area contributed by atoms with Crippen molar-refractivity contribution in [1.29, 1.82) is 0 Å². The molecule has 2 aromatic carbocycles. The molecule has 0 N–H and O–H groups in total. The Hall–Kier alpha value is -3.04. The Morgan fingerprint density at radius 1 is 0.875 bits per heavy atom. The Balaban J connectivity index is 1.97. The molecule has 0 saturated heterocycles. The van der Waals surface area contributed by atoms with Gasteiger partial charge in [0.25, 0.3) is 10.0 Å². The first kappa shape index (κ1) is 22.2. The van der Waals surface area contributed by atoms with Crippen molar-refractivity contribution in [3.8, 4) is 11.1 Å². The zero-order valence-corrected chi connectivity index (χ0v) is 19.3. The van der Waals surface area contributed by atoms with Crippen molar-refractivity contribution in [1.82, 2.24) is 8.96 Å². The minimum absolute atomic E-state index is 0.00530. The number of nitrogens with zero attached hydrogens (tertiary/aromatic N) is 2. The molecular weight excluding hydrogens is 451 g/mol. The molecule has 0 aliphatic heterocycles. The lowest BCUT2D eigenvalue weighted by Gasteiger charge is -2.11. The first-order valence-corrected chi connectivity index (χ1v) is 13.0. The van der Waals surface area contributed by atoms with Gasteiger partial charge in [-0.05, 0) is 61.9 Å². The summed E-state index contributed by atoms with van der Waals surface area (Å²) in [6.07, 6.45) is 1.38. The molecule has 0 saturated carbocycles. The van der Waals surface area contributed by atoms with Gasteiger partial charge in [0.15, 0.2) is 15.5 Å². The fourth-order valence-electron chi connectivity index (χ4n) is 3.52. The normalized spacial score (nSPS) is 12.4. The van der Waals surface area contributed by atoms with E-state index < -0.39 is 25.7 Å². The van der Waals surface area contributed by atoms with Crippen LogP contribution in [0.4, 0.5) is 4.39 Å². The molecule has 0 amide bonds. The highest BCUT2D eigenvalue weighted by molar-refractivity contribution is 7.91. The molecule has 0 unspecified atom stereocenters. The van der Waals surface area contributed by atoms with Crippen LogP contribution in [0.25, 0.3) is 22.2 Å². The van der Waals surface area contributed by atoms with Crippen LogP contribution in [-0.2, 0) is 19.9 Å². The van der Waals surface area contributed by atoms with Crippen molar-refractivity contribution in [2.75, 3.05) is 5.75 Å². The highest BCUT2D eigenvalue weighted by Gasteiger charge is 2.23. The molecule has 4 aromatic rings. The van der Waals surface area contributed by atoms with Gasteiger partial charge in [0.2, 0.25) is 0 Å². The van der Waals surface area contributed by atoms with Gasteiger partial charge < -0.3 is 0 Å². The van der Waals surface area contributed by atoms with Gasteiger partial charge in [0.1, 0.15) is 5.82 Å². The monoisotopic (exact) mass is 472 g/mol. The van der Waals surface area contributed by atoms with E-state index in [4.69, 9.17) is 0 Å². The van der Waals surface area contributed by atoms with Crippen LogP contribution in [0.3, 0.4) is 0 Å². The Morgan fingerprint density at radius 2 is 1.53 bits per heavy atom. The molecule has 0 spiro atoms. The van der Waals surface area contributed by atoms with E-state index in [2.05, 4.69) is 4.98 Å². The molecule has 0 bridgehead atoms. The fourth-order valence-corrected chi connectivity index (χ4v) is 5.72. The molecule has 4 rings (SSSR count). The number of halogens is 1. The quantitative estimate of drug-likeness (QED) is 0.400. The largest absolute Gasteiger partial charge is 0.269 e. The first-order chi connectivity index (χ1) is 15.0. The van der Waals surface area contributed by atoms with E-state index in [0.29, 0.717) is 16.6 Å². The van der Waals surface area contributed by atoms with Crippen molar-refractivity contribution in [2.24, 2.45) is 0 Å². The third kappa shape index (κ3) is 3.71. The van der Waals surface area contributed by atoms with Crippen molar-refractivity contribution < 1.29 is 21.2 Å². The predicted molar refractivity (Wildman–Crippen MR) is 121 cm³/mol. The van der Waals surface area contributed by atoms with Crippen LogP contribution in [0, 0.1) is 19.7 Å². The summed E-state index contributed by atoms with van der Waals surface area (Å²) in [4.78, 5) is 4.50. The summed E-state index contributed by atoms with van der Waals surface area (Å²) in [5, 5.41) is 0.399. The van der Waals surface area contributed by atoms with Crippen LogP contribution >= 0.6 is 0 Å². The lowest BCUT2D eigenvalue weighted by Crippen LogP contribution is -2.12. The Labute approximate surface area is 186 Å². The van der Waals surface area contributed by atoms with Gasteiger partial charge in [-0.3, -0.25) is 0 Å². The van der Waals surface area contributed by atoms with E-state index >= 15 is 0 Å². The van der Waals surface area contributed by atoms with Crippen molar-refractivity contribution in [3.63, 3.8) is 0 Å². The molecule has 0 atom stereocenters. The summed E-state index contributed by atoms with van der Waals surface area (Å²) in [5.74, 6) is -0.727. The molecule has 2 heterocycles. The number of benzene rings is 2. The van der Waals surface area contributed by atoms with Gasteiger partial charge in [-0.1, -0.05) is 24.6 Å². The van der Waals surface area contributed by atoms with E-state index in [-0.39, 0.29) is 26.8 Å². The van der Waals surface area contributed by atoms with Crippen LogP contribution in [-0.4, -0.2) is 31.5 Å². The van der Waals surface area contributed by atoms with Crippen LogP contribution in [0.2, 0.25) is 0 Å². The molecule has 6 nitrogen and oxygen atoms in total. The molecule has 0 aliphatic rings. The maximum atomic E-state index is 14.8. The van der Waals surface area contributed by atoms with E-state index in [1.807, 2.05) is 6.92 Å². The average Bonchev–Trinajstić information content (AvgIpc) is 3.18. The molecule has 32 heavy (non-hydrogen) atoms. The number of hydrogen-bond acceptors (Lipinski definition) is 5. The molecule has 2 aromatic heterocycles. The van der Waals surface area contributed by atoms with Gasteiger partial charge in [0.05, 0.1) is 15.5 Å². The molecule has 0 aliphatic carbocycles. The maximum absolute atomic E-state index is 14.8. The van der Waals surface area contributed by atoms with Crippen molar-refractivity contribution >= 4 is 30.9 Å². The molecule has 0 radical (unpaired) electrons. The van der Waals surface area contributed by atoms with Crippen LogP contribution in [0.15, 0.2) is 70.6 Å². The highest BCUT2D eigenvalue weighted by atomic mass is 32.2. The number of aromatic nitrogens is 2. The molecule has 0 fully saturated rings. The van der Waals surface area contributed by atoms with E-state index in [0.717, 1.165) is 15.6 Å². The second-order valence-corrected chi connectivity index (χ2v) is 11.6. The number of fused-ring (bicyclic) bond motifs is 1. The number of sulfone groups is 1. The summed E-state index contributed by atoms with van der Waals surface area (Å²) in [6, 6.07) is 13.2. The smallest absolute Gasteiger partial charge is 0.234 e. The molecule has 166 valence electrons. The molecule has 9 heteroatoms. The summed E-state index contributed by atoms with van der Waals surface area (Å²) in [6.45, 7) is 5.05. The third-order valence-corrected chi connectivity index (χ3v) is 8.71. The first-order valence-electron chi connectivity index (χ1n) is 9.88. The third-order valence-electron chi connectivity index (χ3n) is 5.30. The Kier molecular flexibility index (Phi) is 5.42. The zero-order valence-electron chi connectivity index (χ0n) is 17.7. The topological polar surface area (TPSA) is 86.1 Å². The van der Waals surface area contributed by atoms with E-state index in [1.54, 1.807) is 31.2 Å². The Bertz CT molecular complexity index is 1560. The minimum atomic E-state index is -3.94. The highest BCUT2D eigenvalue weighted by Crippen LogP contribution is 2.34. The van der Waals surface area contributed by atoms with Gasteiger partial charge in [0, 0.05) is 22.8 Å². The number of hydrogen-bond donors (Lipinski definition) is 0. The van der Waals surface area contributed by atoms with Crippen molar-refractivity contribution in [3.05, 3.63) is 77.9 Å². The lowest BCUT2D eigenvalue weighted by atomic mass is 10.0. The number of pyridine rings is 1. The van der Waals surface area contributed by atoms with Gasteiger partial charge in [-0.2, -0.15) is 0 Å². The van der Waals surface area contributed by atoms with Crippen LogP contribution < -0.4 is 0 Å². The van der Waals surface area contributed by atoms with Gasteiger partial charge in [-0.15, -0.1) is 0 Å². The minimum Gasteiger partial charge on any atom is -0.234 e. The second kappa shape index (κ2) is 7.83. The zero-order chi connectivity index (χ0) is 23.3. The summed E-state index contributed by atoms with van der Waals surface area (Å²) in [5.41, 5.74) is 1.98. The van der Waals surface area contributed by atoms with E-state index in [9.17, 15) is 21.2 Å². The number of aryl methyl sites for hydroxylation is 2. The fraction of sp³-hybridized carbons (Fsp3) is 0.174. The van der Waals surface area contributed by atoms with Gasteiger partial charge in [-0.25, -0.2) is 30.2 Å². The van der Waals surface area contributed by atoms with Crippen LogP contribution in [0.1, 0.15) is 18.2 Å². The SMILES string of the molecule is CCS(=O)(=O)c1ccc(F)c(-c2cc(C)nc3c2ccn3S(=O)(=O)c2ccc(C)cc2)c1. The molecular formula is C23H21FN2O4S2. The second-order valence-electron chi connectivity index (χ2n) is 7.52. The van der Waals surface area contributed by atoms with Gasteiger partial charge >= 0.3 is 0 Å². The lowest BCUT2D eigenvalue weighted by molar-refractivity contribution is 0.588. The summed E-state index contributed by atoms with van der Waals surface area (Å²) < 4.78 is 67.0. The van der Waals surface area contributed by atoms with Crippen molar-refractivity contribution in [2.45, 2.75) is 30.6 Å². The average molecular weight is 473 g/mol. The van der Waals surface area contributed by atoms with Crippen LogP contribution in [0.5, 0.6) is 0 Å². The summed E-state index contributed by atoms with van der Waals surface area (Å²) in [7, 11) is -7.49. The van der Waals surface area contributed by atoms with E-state index in [1.165, 1.54) is 37.4 Å². The maximum Gasteiger partial charge on any atom is 0.269 e. The Morgan fingerprint density at radius 3 is 2.19 bits per heavy atom.